The minimum absolute atomic E-state index is 0. The first-order valence-electron chi connectivity index (χ1n) is 9.62. The van der Waals surface area contributed by atoms with Crippen molar-refractivity contribution in [3.8, 4) is 0 Å². The van der Waals surface area contributed by atoms with Crippen LogP contribution in [-0.4, -0.2) is 86.9 Å². The van der Waals surface area contributed by atoms with Gasteiger partial charge in [-0.3, -0.25) is 4.79 Å². The number of hydrogen-bond donors (Lipinski definition) is 1. The first-order valence-corrected chi connectivity index (χ1v) is 9.62. The molecule has 0 saturated carbocycles. The number of likely N-dealkylation sites (N-methyl/N-ethyl adjacent to an activating group) is 1. The third kappa shape index (κ3) is 4.11. The Morgan fingerprint density at radius 3 is 2.46 bits per heavy atom. The third-order valence-electron chi connectivity index (χ3n) is 6.13. The second-order valence-electron chi connectivity index (χ2n) is 7.97. The van der Waals surface area contributed by atoms with Crippen molar-refractivity contribution in [2.75, 3.05) is 46.9 Å². The summed E-state index contributed by atoms with van der Waals surface area (Å²) in [7, 11) is 3.54. The van der Waals surface area contributed by atoms with Crippen molar-refractivity contribution < 1.29 is 14.3 Å². The highest BCUT2D eigenvalue weighted by atomic mass is 127. The average Bonchev–Trinajstić information content (AvgIpc) is 3.35. The van der Waals surface area contributed by atoms with E-state index in [1.165, 1.54) is 12.8 Å². The zero-order chi connectivity index (χ0) is 17.4. The van der Waals surface area contributed by atoms with Crippen molar-refractivity contribution in [2.45, 2.75) is 44.0 Å². The summed E-state index contributed by atoms with van der Waals surface area (Å²) in [5.74, 6) is 2.13. The predicted molar refractivity (Wildman–Crippen MR) is 110 cm³/mol. The van der Waals surface area contributed by atoms with Gasteiger partial charge in [0.2, 0.25) is 5.91 Å². The second-order valence-corrected chi connectivity index (χ2v) is 7.97. The van der Waals surface area contributed by atoms with Crippen molar-refractivity contribution in [1.29, 1.82) is 0 Å². The first kappa shape index (κ1) is 20.1. The van der Waals surface area contributed by atoms with Crippen LogP contribution in [0, 0.1) is 11.8 Å². The van der Waals surface area contributed by atoms with Crippen molar-refractivity contribution in [3.05, 3.63) is 0 Å². The maximum absolute atomic E-state index is 12.0. The van der Waals surface area contributed by atoms with Crippen LogP contribution >= 0.6 is 24.0 Å². The minimum atomic E-state index is 0. The minimum Gasteiger partial charge on any atom is -0.376 e. The number of halogens is 1. The fourth-order valence-corrected chi connectivity index (χ4v) is 4.69. The normalized spacial score (nSPS) is 35.4. The summed E-state index contributed by atoms with van der Waals surface area (Å²) in [6.07, 6.45) is 5.76. The van der Waals surface area contributed by atoms with E-state index in [0.29, 0.717) is 24.0 Å². The number of hydrogen-bond acceptors (Lipinski definition) is 4. The van der Waals surface area contributed by atoms with E-state index in [1.54, 1.807) is 19.0 Å². The molecule has 4 saturated heterocycles. The molecule has 8 heteroatoms. The van der Waals surface area contributed by atoms with Gasteiger partial charge in [0.25, 0.3) is 0 Å². The van der Waals surface area contributed by atoms with E-state index in [1.807, 2.05) is 0 Å². The molecule has 0 aromatic heterocycles. The zero-order valence-electron chi connectivity index (χ0n) is 15.7. The Labute approximate surface area is 172 Å². The summed E-state index contributed by atoms with van der Waals surface area (Å²) >= 11 is 0. The summed E-state index contributed by atoms with van der Waals surface area (Å²) in [6.45, 7) is 3.78. The molecule has 4 aliphatic heterocycles. The lowest BCUT2D eigenvalue weighted by Gasteiger charge is -2.25. The summed E-state index contributed by atoms with van der Waals surface area (Å²) < 4.78 is 11.8. The van der Waals surface area contributed by atoms with Crippen LogP contribution in [-0.2, 0) is 14.3 Å². The Kier molecular flexibility index (Phi) is 6.66. The monoisotopic (exact) mass is 478 g/mol. The van der Waals surface area contributed by atoms with Crippen LogP contribution in [0.5, 0.6) is 0 Å². The molecule has 4 aliphatic rings. The summed E-state index contributed by atoms with van der Waals surface area (Å²) in [5, 5.41) is 3.48. The number of carbonyl (C=O) groups is 1. The Balaban J connectivity index is 0.00000196. The molecule has 0 aliphatic carbocycles. The van der Waals surface area contributed by atoms with Gasteiger partial charge in [0.15, 0.2) is 5.96 Å². The number of aliphatic imine (C=N–C) groups is 1. The van der Waals surface area contributed by atoms with Gasteiger partial charge in [-0.15, -0.1) is 24.0 Å². The quantitative estimate of drug-likeness (QED) is 0.370. The van der Waals surface area contributed by atoms with Crippen LogP contribution in [0.3, 0.4) is 0 Å². The van der Waals surface area contributed by atoms with Gasteiger partial charge >= 0.3 is 0 Å². The molecule has 1 amide bonds. The summed E-state index contributed by atoms with van der Waals surface area (Å²) in [5.41, 5.74) is 0. The van der Waals surface area contributed by atoms with Crippen LogP contribution in [0.4, 0.5) is 0 Å². The highest BCUT2D eigenvalue weighted by Crippen LogP contribution is 2.47. The lowest BCUT2D eigenvalue weighted by molar-refractivity contribution is -0.127. The van der Waals surface area contributed by atoms with E-state index in [-0.39, 0.29) is 42.5 Å². The van der Waals surface area contributed by atoms with Crippen LogP contribution < -0.4 is 5.32 Å². The lowest BCUT2D eigenvalue weighted by Crippen LogP contribution is -2.44. The molecular weight excluding hydrogens is 447 g/mol. The van der Waals surface area contributed by atoms with Gasteiger partial charge in [-0.05, 0) is 25.7 Å². The van der Waals surface area contributed by atoms with Gasteiger partial charge in [0.05, 0.1) is 18.3 Å². The number of rotatable bonds is 4. The zero-order valence-corrected chi connectivity index (χ0v) is 18.1. The van der Waals surface area contributed by atoms with Crippen LogP contribution in [0.2, 0.25) is 0 Å². The molecule has 0 aromatic rings. The molecule has 0 spiro atoms. The second kappa shape index (κ2) is 8.60. The molecule has 4 fully saturated rings. The molecule has 2 bridgehead atoms. The number of carbonyl (C=O) groups excluding carboxylic acids is 1. The van der Waals surface area contributed by atoms with Gasteiger partial charge in [0, 0.05) is 52.2 Å². The highest BCUT2D eigenvalue weighted by molar-refractivity contribution is 14.0. The molecule has 1 N–H and O–H groups in total. The number of fused-ring (bicyclic) bond motifs is 5. The number of nitrogens with zero attached hydrogens (tertiary/aromatic N) is 3. The molecule has 0 aromatic carbocycles. The van der Waals surface area contributed by atoms with Gasteiger partial charge < -0.3 is 24.6 Å². The van der Waals surface area contributed by atoms with E-state index in [0.717, 1.165) is 45.0 Å². The molecule has 7 nitrogen and oxygen atoms in total. The summed E-state index contributed by atoms with van der Waals surface area (Å²) in [4.78, 5) is 20.5. The number of nitrogens with one attached hydrogen (secondary N) is 1. The molecular formula is C18H31IN4O3. The van der Waals surface area contributed by atoms with E-state index in [2.05, 4.69) is 15.2 Å². The van der Waals surface area contributed by atoms with E-state index < -0.39 is 0 Å². The largest absolute Gasteiger partial charge is 0.376 e. The topological polar surface area (TPSA) is 66.4 Å². The molecule has 4 rings (SSSR count). The van der Waals surface area contributed by atoms with Crippen molar-refractivity contribution >= 4 is 35.8 Å². The van der Waals surface area contributed by atoms with Crippen molar-refractivity contribution in [2.24, 2.45) is 16.8 Å². The lowest BCUT2D eigenvalue weighted by atomic mass is 9.82. The van der Waals surface area contributed by atoms with Gasteiger partial charge in [-0.1, -0.05) is 0 Å². The Morgan fingerprint density at radius 1 is 1.19 bits per heavy atom. The Hall–Kier alpha value is -0.610. The SMILES string of the molecule is CN(C)C(=O)CN=C(NCC1CCCO1)N1CC2C3CCC(O3)C2C1.I. The van der Waals surface area contributed by atoms with Crippen LogP contribution in [0.25, 0.3) is 0 Å². The molecule has 0 radical (unpaired) electrons. The van der Waals surface area contributed by atoms with Crippen LogP contribution in [0.15, 0.2) is 4.99 Å². The first-order chi connectivity index (χ1) is 12.1. The van der Waals surface area contributed by atoms with E-state index in [9.17, 15) is 4.79 Å². The molecule has 148 valence electrons. The number of amides is 1. The third-order valence-corrected chi connectivity index (χ3v) is 6.13. The number of likely N-dealkylation sites (tertiary alicyclic amines) is 1. The predicted octanol–water partition coefficient (Wildman–Crippen LogP) is 0.926. The van der Waals surface area contributed by atoms with E-state index >= 15 is 0 Å². The molecule has 26 heavy (non-hydrogen) atoms. The van der Waals surface area contributed by atoms with Crippen LogP contribution in [0.1, 0.15) is 25.7 Å². The van der Waals surface area contributed by atoms with Crippen molar-refractivity contribution in [3.63, 3.8) is 0 Å². The smallest absolute Gasteiger partial charge is 0.243 e. The average molecular weight is 478 g/mol. The highest BCUT2D eigenvalue weighted by Gasteiger charge is 2.53. The Bertz CT molecular complexity index is 521. The van der Waals surface area contributed by atoms with Gasteiger partial charge in [-0.25, -0.2) is 4.99 Å². The summed E-state index contributed by atoms with van der Waals surface area (Å²) in [6, 6.07) is 0. The number of ether oxygens (including phenoxy) is 2. The van der Waals surface area contributed by atoms with E-state index in [4.69, 9.17) is 9.47 Å². The number of guanidine groups is 1. The van der Waals surface area contributed by atoms with Gasteiger partial charge in [0.1, 0.15) is 6.54 Å². The maximum Gasteiger partial charge on any atom is 0.243 e. The fraction of sp³-hybridized carbons (Fsp3) is 0.889. The maximum atomic E-state index is 12.0. The molecule has 4 heterocycles. The standard InChI is InChI=1S/C18H30N4O3.HI/c1-21(2)17(23)9-20-18(19-8-12-4-3-7-24-12)22-10-13-14(11-22)16-6-5-15(13)25-16;/h12-16H,3-11H2,1-2H3,(H,19,20);1H. The fourth-order valence-electron chi connectivity index (χ4n) is 4.69. The van der Waals surface area contributed by atoms with Gasteiger partial charge in [-0.2, -0.15) is 0 Å². The Morgan fingerprint density at radius 2 is 1.88 bits per heavy atom. The molecule has 5 unspecified atom stereocenters. The molecule has 5 atom stereocenters. The van der Waals surface area contributed by atoms with Crippen molar-refractivity contribution in [1.82, 2.24) is 15.1 Å².